The van der Waals surface area contributed by atoms with Gasteiger partial charge in [-0.25, -0.2) is 4.98 Å². The average molecular weight is 351 g/mol. The molecule has 1 aliphatic heterocycles. The molecule has 25 heavy (non-hydrogen) atoms. The molecule has 0 amide bonds. The monoisotopic (exact) mass is 351 g/mol. The number of imidazole rings is 1. The van der Waals surface area contributed by atoms with E-state index in [1.54, 1.807) is 0 Å². The van der Waals surface area contributed by atoms with Crippen molar-refractivity contribution in [1.82, 2.24) is 24.8 Å². The van der Waals surface area contributed by atoms with Crippen molar-refractivity contribution < 1.29 is 14.3 Å². The number of nitrogens with zero attached hydrogens (tertiary/aromatic N) is 3. The van der Waals surface area contributed by atoms with E-state index in [0.717, 1.165) is 19.4 Å². The van der Waals surface area contributed by atoms with Gasteiger partial charge in [-0.05, 0) is 19.4 Å². The Hall–Kier alpha value is -2.50. The van der Waals surface area contributed by atoms with E-state index in [4.69, 9.17) is 20.9 Å². The number of esters is 1. The molecule has 136 valence electrons. The minimum atomic E-state index is -0.668. The molecule has 1 fully saturated rings. The first kappa shape index (κ1) is 17.3. The molecule has 6 N–H and O–H groups in total. The molecule has 3 heterocycles. The van der Waals surface area contributed by atoms with E-state index in [1.807, 2.05) is 0 Å². The number of nitrogen functional groups attached to an aromatic ring is 1. The van der Waals surface area contributed by atoms with Crippen molar-refractivity contribution in [3.05, 3.63) is 16.7 Å². The summed E-state index contributed by atoms with van der Waals surface area (Å²) in [6, 6.07) is -0.695. The van der Waals surface area contributed by atoms with Gasteiger partial charge in [0.15, 0.2) is 11.2 Å². The first-order valence-corrected chi connectivity index (χ1v) is 8.00. The maximum atomic E-state index is 11.9. The maximum Gasteiger partial charge on any atom is 0.324 e. The molecule has 1 unspecified atom stereocenters. The summed E-state index contributed by atoms with van der Waals surface area (Å²) in [5, 5.41) is 3.17. The van der Waals surface area contributed by atoms with Gasteiger partial charge in [0, 0.05) is 6.04 Å². The minimum absolute atomic E-state index is 0.00249. The summed E-state index contributed by atoms with van der Waals surface area (Å²) in [6.07, 6.45) is 3.31. The highest BCUT2D eigenvalue weighted by molar-refractivity contribution is 5.76. The van der Waals surface area contributed by atoms with Gasteiger partial charge in [0.1, 0.15) is 19.4 Å². The van der Waals surface area contributed by atoms with Gasteiger partial charge in [0.05, 0.1) is 12.9 Å². The van der Waals surface area contributed by atoms with E-state index in [0.29, 0.717) is 5.65 Å². The Labute approximate surface area is 142 Å². The van der Waals surface area contributed by atoms with E-state index in [9.17, 15) is 9.59 Å². The second kappa shape index (κ2) is 7.59. The van der Waals surface area contributed by atoms with E-state index >= 15 is 0 Å². The van der Waals surface area contributed by atoms with Crippen LogP contribution in [0.25, 0.3) is 11.2 Å². The fourth-order valence-corrected chi connectivity index (χ4v) is 2.71. The van der Waals surface area contributed by atoms with Crippen LogP contribution in [-0.2, 0) is 21.0 Å². The minimum Gasteiger partial charge on any atom is -0.462 e. The second-order valence-electron chi connectivity index (χ2n) is 5.77. The van der Waals surface area contributed by atoms with E-state index in [1.165, 1.54) is 10.9 Å². The zero-order valence-corrected chi connectivity index (χ0v) is 13.6. The number of aromatic nitrogens is 4. The van der Waals surface area contributed by atoms with Crippen molar-refractivity contribution >= 4 is 23.1 Å². The molecule has 2 aromatic rings. The Morgan fingerprint density at radius 3 is 3.08 bits per heavy atom. The van der Waals surface area contributed by atoms with Gasteiger partial charge < -0.3 is 26.3 Å². The Bertz CT molecular complexity index is 796. The van der Waals surface area contributed by atoms with Crippen molar-refractivity contribution in [1.29, 1.82) is 0 Å². The fraction of sp³-hybridized carbons (Fsp3) is 0.571. The third-order valence-electron chi connectivity index (χ3n) is 4.00. The highest BCUT2D eigenvalue weighted by Crippen LogP contribution is 2.09. The molecule has 0 saturated carbocycles. The summed E-state index contributed by atoms with van der Waals surface area (Å²) in [7, 11) is 0. The van der Waals surface area contributed by atoms with Crippen LogP contribution in [0.1, 0.15) is 12.8 Å². The fourth-order valence-electron chi connectivity index (χ4n) is 2.71. The van der Waals surface area contributed by atoms with Crippen LogP contribution in [0.4, 0.5) is 5.95 Å². The summed E-state index contributed by atoms with van der Waals surface area (Å²) in [4.78, 5) is 33.9. The number of ether oxygens (including phenoxy) is 2. The molecule has 1 aliphatic rings. The summed E-state index contributed by atoms with van der Waals surface area (Å²) in [5.41, 5.74) is 11.5. The molecule has 0 radical (unpaired) electrons. The van der Waals surface area contributed by atoms with Gasteiger partial charge in [-0.15, -0.1) is 0 Å². The van der Waals surface area contributed by atoms with Crippen LogP contribution in [0.2, 0.25) is 0 Å². The largest absolute Gasteiger partial charge is 0.462 e. The van der Waals surface area contributed by atoms with Crippen molar-refractivity contribution in [3.63, 3.8) is 0 Å². The highest BCUT2D eigenvalue weighted by Gasteiger charge is 2.28. The van der Waals surface area contributed by atoms with Crippen molar-refractivity contribution in [2.24, 2.45) is 5.73 Å². The second-order valence-corrected chi connectivity index (χ2v) is 5.77. The van der Waals surface area contributed by atoms with Gasteiger partial charge in [-0.2, -0.15) is 4.98 Å². The summed E-state index contributed by atoms with van der Waals surface area (Å²) in [5.74, 6) is -0.445. The number of rotatable bonds is 7. The van der Waals surface area contributed by atoms with Crippen molar-refractivity contribution in [2.75, 3.05) is 25.5 Å². The van der Waals surface area contributed by atoms with Crippen LogP contribution in [-0.4, -0.2) is 57.3 Å². The predicted octanol–water partition coefficient (Wildman–Crippen LogP) is -1.70. The molecular formula is C14H21N7O4. The van der Waals surface area contributed by atoms with Crippen molar-refractivity contribution in [2.45, 2.75) is 31.7 Å². The van der Waals surface area contributed by atoms with Crippen LogP contribution in [0.3, 0.4) is 0 Å². The number of fused-ring (bicyclic) bond motifs is 1. The molecule has 3 rings (SSSR count). The van der Waals surface area contributed by atoms with Gasteiger partial charge in [-0.3, -0.25) is 19.1 Å². The Morgan fingerprint density at radius 1 is 1.48 bits per heavy atom. The number of carbonyl (C=O) groups excluding carboxylic acids is 1. The molecule has 2 aromatic heterocycles. The normalized spacial score (nSPS) is 18.5. The first-order valence-electron chi connectivity index (χ1n) is 8.00. The Balaban J connectivity index is 1.44. The average Bonchev–Trinajstić information content (AvgIpc) is 3.24. The van der Waals surface area contributed by atoms with E-state index in [-0.39, 0.29) is 37.5 Å². The summed E-state index contributed by atoms with van der Waals surface area (Å²) < 4.78 is 12.1. The zero-order valence-electron chi connectivity index (χ0n) is 13.6. The standard InChI is InChI=1S/C14H21N7O4/c15-9(8-2-1-3-17-8)13(23)25-5-4-24-7-21-6-18-10-11(21)19-14(16)20-12(10)22/h6,8-9,17H,1-5,7,15H2,(H3,16,19,20,22)/t8?,9-/m1/s1. The molecule has 0 bridgehead atoms. The maximum absolute atomic E-state index is 11.9. The lowest BCUT2D eigenvalue weighted by atomic mass is 10.1. The molecule has 1 saturated heterocycles. The SMILES string of the molecule is Nc1nc2c(ncn2COCCOC(=O)[C@H](N)C2CCCN2)c(=O)[nH]1. The quantitative estimate of drug-likeness (QED) is 0.336. The molecule has 0 aliphatic carbocycles. The first-order chi connectivity index (χ1) is 12.1. The number of hydrogen-bond donors (Lipinski definition) is 4. The Kier molecular flexibility index (Phi) is 5.26. The lowest BCUT2D eigenvalue weighted by molar-refractivity contribution is -0.147. The van der Waals surface area contributed by atoms with Crippen LogP contribution >= 0.6 is 0 Å². The summed E-state index contributed by atoms with van der Waals surface area (Å²) in [6.45, 7) is 1.23. The Morgan fingerprint density at radius 2 is 2.32 bits per heavy atom. The highest BCUT2D eigenvalue weighted by atomic mass is 16.6. The molecule has 0 spiro atoms. The molecule has 11 heteroatoms. The number of carbonyl (C=O) groups is 1. The predicted molar refractivity (Wildman–Crippen MR) is 88.5 cm³/mol. The number of nitrogens with two attached hydrogens (primary N) is 2. The summed E-state index contributed by atoms with van der Waals surface area (Å²) >= 11 is 0. The van der Waals surface area contributed by atoms with E-state index < -0.39 is 17.6 Å². The van der Waals surface area contributed by atoms with Crippen molar-refractivity contribution in [3.8, 4) is 0 Å². The lowest BCUT2D eigenvalue weighted by Gasteiger charge is -2.17. The van der Waals surface area contributed by atoms with Crippen LogP contribution in [0, 0.1) is 0 Å². The molecule has 2 atom stereocenters. The smallest absolute Gasteiger partial charge is 0.324 e. The topological polar surface area (TPSA) is 163 Å². The number of aromatic amines is 1. The lowest BCUT2D eigenvalue weighted by Crippen LogP contribution is -2.47. The molecule has 11 nitrogen and oxygen atoms in total. The van der Waals surface area contributed by atoms with Gasteiger partial charge in [0.2, 0.25) is 5.95 Å². The van der Waals surface area contributed by atoms with Crippen LogP contribution < -0.4 is 22.3 Å². The van der Waals surface area contributed by atoms with Gasteiger partial charge in [0.25, 0.3) is 5.56 Å². The van der Waals surface area contributed by atoms with Gasteiger partial charge >= 0.3 is 5.97 Å². The number of anilines is 1. The van der Waals surface area contributed by atoms with Crippen LogP contribution in [0.15, 0.2) is 11.1 Å². The van der Waals surface area contributed by atoms with Crippen LogP contribution in [0.5, 0.6) is 0 Å². The molecule has 0 aromatic carbocycles. The van der Waals surface area contributed by atoms with E-state index in [2.05, 4.69) is 20.3 Å². The molecular weight excluding hydrogens is 330 g/mol. The third-order valence-corrected chi connectivity index (χ3v) is 4.00. The van der Waals surface area contributed by atoms with Gasteiger partial charge in [-0.1, -0.05) is 0 Å². The third kappa shape index (κ3) is 3.95. The number of H-pyrrole nitrogens is 1. The zero-order chi connectivity index (χ0) is 17.8. The number of nitrogens with one attached hydrogen (secondary N) is 2. The number of hydrogen-bond acceptors (Lipinski definition) is 9.